The minimum absolute atomic E-state index is 0. The number of aryl methyl sites for hydroxylation is 2. The first-order valence-electron chi connectivity index (χ1n) is 9.79. The third kappa shape index (κ3) is 4.32. The van der Waals surface area contributed by atoms with E-state index < -0.39 is 0 Å². The van der Waals surface area contributed by atoms with Crippen molar-refractivity contribution in [2.45, 2.75) is 73.0 Å². The zero-order chi connectivity index (χ0) is 18.0. The summed E-state index contributed by atoms with van der Waals surface area (Å²) in [6.07, 6.45) is 7.73. The highest BCUT2D eigenvalue weighted by atomic mass is 35.5. The van der Waals surface area contributed by atoms with E-state index in [-0.39, 0.29) is 12.4 Å². The Bertz CT molecular complexity index is 697. The van der Waals surface area contributed by atoms with Gasteiger partial charge in [0.25, 0.3) is 0 Å². The average molecular weight is 380 g/mol. The molecule has 2 aromatic rings. The van der Waals surface area contributed by atoms with Crippen molar-refractivity contribution in [3.8, 4) is 11.3 Å². The van der Waals surface area contributed by atoms with Crippen LogP contribution >= 0.6 is 12.4 Å². The van der Waals surface area contributed by atoms with Crippen molar-refractivity contribution < 1.29 is 0 Å². The Labute approximate surface area is 164 Å². The second-order valence-electron chi connectivity index (χ2n) is 7.77. The summed E-state index contributed by atoms with van der Waals surface area (Å²) in [5, 5.41) is 4.74. The molecule has 2 aromatic heterocycles. The molecule has 1 atom stereocenters. The number of rotatable bonds is 6. The first-order chi connectivity index (χ1) is 12.0. The number of hydrogen-bond donors (Lipinski definition) is 0. The summed E-state index contributed by atoms with van der Waals surface area (Å²) < 4.78 is 4.45. The van der Waals surface area contributed by atoms with Crippen LogP contribution < -0.4 is 0 Å². The standard InChI is InChI=1S/C20H33N5.ClH/c1-6-9-25-18(5)20(17(4)22-25)19-12-21-14-24(19)13-16(3)23-10-7-15(2)8-11-23;/h12,14-16H,6-11,13H2,1-5H3;1H. The van der Waals surface area contributed by atoms with Gasteiger partial charge in [-0.2, -0.15) is 5.10 Å². The fourth-order valence-electron chi connectivity index (χ4n) is 4.04. The van der Waals surface area contributed by atoms with E-state index in [0.29, 0.717) is 6.04 Å². The van der Waals surface area contributed by atoms with Gasteiger partial charge in [-0.15, -0.1) is 12.4 Å². The predicted molar refractivity (Wildman–Crippen MR) is 110 cm³/mol. The van der Waals surface area contributed by atoms with Gasteiger partial charge < -0.3 is 4.57 Å². The van der Waals surface area contributed by atoms with Crippen LogP contribution in [0, 0.1) is 19.8 Å². The monoisotopic (exact) mass is 379 g/mol. The largest absolute Gasteiger partial charge is 0.329 e. The molecule has 1 fully saturated rings. The smallest absolute Gasteiger partial charge is 0.0951 e. The molecular formula is C20H34ClN5. The number of likely N-dealkylation sites (tertiary alicyclic amines) is 1. The first kappa shape index (κ1) is 21.0. The van der Waals surface area contributed by atoms with Gasteiger partial charge in [0.1, 0.15) is 0 Å². The van der Waals surface area contributed by atoms with Crippen molar-refractivity contribution in [1.29, 1.82) is 0 Å². The van der Waals surface area contributed by atoms with E-state index in [4.69, 9.17) is 5.10 Å². The molecule has 1 saturated heterocycles. The molecule has 26 heavy (non-hydrogen) atoms. The van der Waals surface area contributed by atoms with E-state index in [1.807, 2.05) is 12.5 Å². The van der Waals surface area contributed by atoms with Gasteiger partial charge in [-0.05, 0) is 59.0 Å². The van der Waals surface area contributed by atoms with Gasteiger partial charge in [-0.25, -0.2) is 4.98 Å². The van der Waals surface area contributed by atoms with Crippen LogP contribution in [-0.4, -0.2) is 43.4 Å². The fraction of sp³-hybridized carbons (Fsp3) is 0.700. The summed E-state index contributed by atoms with van der Waals surface area (Å²) >= 11 is 0. The van der Waals surface area contributed by atoms with Crippen LogP contribution in [0.25, 0.3) is 11.3 Å². The highest BCUT2D eigenvalue weighted by molar-refractivity contribution is 5.85. The topological polar surface area (TPSA) is 38.9 Å². The number of nitrogens with zero attached hydrogens (tertiary/aromatic N) is 5. The number of imidazole rings is 1. The van der Waals surface area contributed by atoms with Crippen LogP contribution in [0.3, 0.4) is 0 Å². The molecule has 0 bridgehead atoms. The zero-order valence-electron chi connectivity index (χ0n) is 16.9. The summed E-state index contributed by atoms with van der Waals surface area (Å²) in [5.41, 5.74) is 4.81. The molecule has 5 nitrogen and oxygen atoms in total. The van der Waals surface area contributed by atoms with E-state index in [1.165, 1.54) is 42.9 Å². The van der Waals surface area contributed by atoms with E-state index >= 15 is 0 Å². The minimum Gasteiger partial charge on any atom is -0.329 e. The lowest BCUT2D eigenvalue weighted by Crippen LogP contribution is -2.41. The molecule has 0 amide bonds. The molecule has 0 saturated carbocycles. The normalized spacial score (nSPS) is 17.3. The number of piperidine rings is 1. The van der Waals surface area contributed by atoms with Gasteiger partial charge in [-0.1, -0.05) is 13.8 Å². The Balaban J connectivity index is 0.00000243. The van der Waals surface area contributed by atoms with Gasteiger partial charge in [-0.3, -0.25) is 9.58 Å². The van der Waals surface area contributed by atoms with Crippen molar-refractivity contribution in [1.82, 2.24) is 24.2 Å². The molecule has 1 aliphatic heterocycles. The summed E-state index contributed by atoms with van der Waals surface area (Å²) in [5.74, 6) is 0.877. The van der Waals surface area contributed by atoms with Crippen LogP contribution in [0.5, 0.6) is 0 Å². The summed E-state index contributed by atoms with van der Waals surface area (Å²) in [7, 11) is 0. The van der Waals surface area contributed by atoms with E-state index in [0.717, 1.165) is 31.1 Å². The lowest BCUT2D eigenvalue weighted by Gasteiger charge is -2.35. The highest BCUT2D eigenvalue weighted by Crippen LogP contribution is 2.28. The van der Waals surface area contributed by atoms with Crippen LogP contribution in [0.4, 0.5) is 0 Å². The maximum absolute atomic E-state index is 4.74. The third-order valence-corrected chi connectivity index (χ3v) is 5.69. The van der Waals surface area contributed by atoms with Gasteiger partial charge in [0.15, 0.2) is 0 Å². The summed E-state index contributed by atoms with van der Waals surface area (Å²) in [6, 6.07) is 0.534. The molecule has 3 heterocycles. The summed E-state index contributed by atoms with van der Waals surface area (Å²) in [6.45, 7) is 15.6. The van der Waals surface area contributed by atoms with Gasteiger partial charge in [0.05, 0.1) is 23.9 Å². The van der Waals surface area contributed by atoms with E-state index in [2.05, 4.69) is 53.8 Å². The van der Waals surface area contributed by atoms with Crippen LogP contribution in [0.2, 0.25) is 0 Å². The Hall–Kier alpha value is -1.33. The van der Waals surface area contributed by atoms with Gasteiger partial charge in [0, 0.05) is 30.4 Å². The Morgan fingerprint density at radius 3 is 2.58 bits per heavy atom. The maximum atomic E-state index is 4.74. The van der Waals surface area contributed by atoms with Crippen molar-refractivity contribution >= 4 is 12.4 Å². The molecule has 1 aliphatic rings. The quantitative estimate of drug-likeness (QED) is 0.750. The fourth-order valence-corrected chi connectivity index (χ4v) is 4.04. The van der Waals surface area contributed by atoms with Gasteiger partial charge >= 0.3 is 0 Å². The second kappa shape index (κ2) is 9.05. The first-order valence-corrected chi connectivity index (χ1v) is 9.79. The van der Waals surface area contributed by atoms with Gasteiger partial charge in [0.2, 0.25) is 0 Å². The molecule has 3 rings (SSSR count). The van der Waals surface area contributed by atoms with E-state index in [1.54, 1.807) is 0 Å². The van der Waals surface area contributed by atoms with E-state index in [9.17, 15) is 0 Å². The lowest BCUT2D eigenvalue weighted by molar-refractivity contribution is 0.135. The number of aromatic nitrogens is 4. The molecule has 6 heteroatoms. The molecule has 0 radical (unpaired) electrons. The van der Waals surface area contributed by atoms with Crippen LogP contribution in [0.15, 0.2) is 12.5 Å². The summed E-state index contributed by atoms with van der Waals surface area (Å²) in [4.78, 5) is 7.08. The van der Waals surface area contributed by atoms with Crippen molar-refractivity contribution in [3.63, 3.8) is 0 Å². The molecule has 1 unspecified atom stereocenters. The Morgan fingerprint density at radius 1 is 1.23 bits per heavy atom. The Morgan fingerprint density at radius 2 is 1.92 bits per heavy atom. The third-order valence-electron chi connectivity index (χ3n) is 5.69. The second-order valence-corrected chi connectivity index (χ2v) is 7.77. The SMILES string of the molecule is CCCn1nc(C)c(-c2cncn2CC(C)N2CCC(C)CC2)c1C.Cl. The minimum atomic E-state index is 0. The molecule has 146 valence electrons. The molecule has 0 aliphatic carbocycles. The van der Waals surface area contributed by atoms with Crippen LogP contribution in [0.1, 0.15) is 51.4 Å². The lowest BCUT2D eigenvalue weighted by atomic mass is 9.98. The average Bonchev–Trinajstić information content (AvgIpc) is 3.13. The predicted octanol–water partition coefficient (Wildman–Crippen LogP) is 4.32. The number of hydrogen-bond acceptors (Lipinski definition) is 3. The molecule has 0 spiro atoms. The highest BCUT2D eigenvalue weighted by Gasteiger charge is 2.22. The van der Waals surface area contributed by atoms with Crippen LogP contribution in [-0.2, 0) is 13.1 Å². The van der Waals surface area contributed by atoms with Crippen molar-refractivity contribution in [2.75, 3.05) is 13.1 Å². The van der Waals surface area contributed by atoms with Crippen molar-refractivity contribution in [3.05, 3.63) is 23.9 Å². The molecule has 0 N–H and O–H groups in total. The number of halogens is 1. The Kier molecular flexibility index (Phi) is 7.30. The maximum Gasteiger partial charge on any atom is 0.0951 e. The molecular weight excluding hydrogens is 346 g/mol. The zero-order valence-corrected chi connectivity index (χ0v) is 17.7. The molecule has 0 aromatic carbocycles. The van der Waals surface area contributed by atoms with Crippen molar-refractivity contribution in [2.24, 2.45) is 5.92 Å².